The van der Waals surface area contributed by atoms with E-state index in [1.54, 1.807) is 29.5 Å². The van der Waals surface area contributed by atoms with Crippen LogP contribution in [0.1, 0.15) is 30.4 Å². The number of imidazole rings is 1. The summed E-state index contributed by atoms with van der Waals surface area (Å²) in [5, 5.41) is 15.7. The third-order valence-electron chi connectivity index (χ3n) is 6.38. The molecule has 0 spiro atoms. The predicted octanol–water partition coefficient (Wildman–Crippen LogP) is 5.50. The largest absolute Gasteiger partial charge is 0.477 e. The average molecular weight is 537 g/mol. The zero-order chi connectivity index (χ0) is 27.3. The van der Waals surface area contributed by atoms with Crippen LogP contribution in [0.15, 0.2) is 72.9 Å². The highest BCUT2D eigenvalue weighted by molar-refractivity contribution is 7.12. The zero-order valence-corrected chi connectivity index (χ0v) is 22.2. The molecule has 0 atom stereocenters. The van der Waals surface area contributed by atoms with Gasteiger partial charge in [-0.15, -0.1) is 11.3 Å². The fourth-order valence-corrected chi connectivity index (χ4v) is 5.39. The van der Waals surface area contributed by atoms with Crippen LogP contribution < -0.4 is 5.73 Å². The Hall–Kier alpha value is -4.90. The Morgan fingerprint density at radius 2 is 1.72 bits per heavy atom. The number of fused-ring (bicyclic) bond motifs is 1. The average Bonchev–Trinajstić information content (AvgIpc) is 3.68. The van der Waals surface area contributed by atoms with Crippen LogP contribution in [0.2, 0.25) is 0 Å². The summed E-state index contributed by atoms with van der Waals surface area (Å²) in [5.74, 6) is 0.0347. The van der Waals surface area contributed by atoms with Crippen molar-refractivity contribution >= 4 is 34.3 Å². The number of aromatic nitrogens is 7. The van der Waals surface area contributed by atoms with Gasteiger partial charge in [0.15, 0.2) is 0 Å². The van der Waals surface area contributed by atoms with E-state index in [1.165, 1.54) is 17.7 Å². The van der Waals surface area contributed by atoms with Gasteiger partial charge in [0.25, 0.3) is 0 Å². The molecule has 0 bridgehead atoms. The number of rotatable bonds is 5. The molecule has 0 saturated heterocycles. The molecule has 0 aliphatic carbocycles. The Kier molecular flexibility index (Phi) is 5.72. The molecule has 0 unspecified atom stereocenters. The molecule has 0 aliphatic heterocycles. The van der Waals surface area contributed by atoms with E-state index in [4.69, 9.17) is 10.7 Å². The van der Waals surface area contributed by atoms with Gasteiger partial charge in [-0.1, -0.05) is 12.1 Å². The Bertz CT molecular complexity index is 1830. The van der Waals surface area contributed by atoms with E-state index in [0.717, 1.165) is 50.4 Å². The molecule has 4 aromatic heterocycles. The highest BCUT2D eigenvalue weighted by Crippen LogP contribution is 2.38. The SMILES string of the molecule is CC(C)(C)n1c(-c2cc(-c3csc(C(=O)O)c3)ccc2-n2cncn2)nc2cc(-c3cnc(N)nc3)ccc21. The summed E-state index contributed by atoms with van der Waals surface area (Å²) < 4.78 is 3.92. The minimum atomic E-state index is -0.942. The van der Waals surface area contributed by atoms with Crippen LogP contribution in [0.4, 0.5) is 5.95 Å². The number of carbonyl (C=O) groups is 1. The molecule has 0 amide bonds. The molecule has 10 nitrogen and oxygen atoms in total. The lowest BCUT2D eigenvalue weighted by Gasteiger charge is -2.25. The van der Waals surface area contributed by atoms with Gasteiger partial charge in [0, 0.05) is 29.1 Å². The lowest BCUT2D eigenvalue weighted by Crippen LogP contribution is -2.23. The van der Waals surface area contributed by atoms with Crippen molar-refractivity contribution < 1.29 is 9.90 Å². The van der Waals surface area contributed by atoms with Crippen LogP contribution in [-0.2, 0) is 5.54 Å². The molecule has 11 heteroatoms. The first kappa shape index (κ1) is 24.4. The number of thiophene rings is 1. The van der Waals surface area contributed by atoms with Gasteiger partial charge in [0.2, 0.25) is 5.95 Å². The van der Waals surface area contributed by atoms with E-state index in [0.29, 0.717) is 0 Å². The van der Waals surface area contributed by atoms with Crippen molar-refractivity contribution in [3.63, 3.8) is 0 Å². The molecule has 2 aromatic carbocycles. The summed E-state index contributed by atoms with van der Waals surface area (Å²) >= 11 is 1.20. The maximum Gasteiger partial charge on any atom is 0.345 e. The van der Waals surface area contributed by atoms with Crippen LogP contribution >= 0.6 is 11.3 Å². The number of nitrogens with two attached hydrogens (primary N) is 1. The van der Waals surface area contributed by atoms with E-state index in [2.05, 4.69) is 51.5 Å². The number of anilines is 1. The fourth-order valence-electron chi connectivity index (χ4n) is 4.63. The fraction of sp³-hybridized carbons (Fsp3) is 0.143. The third kappa shape index (κ3) is 4.42. The predicted molar refractivity (Wildman–Crippen MR) is 151 cm³/mol. The number of benzene rings is 2. The van der Waals surface area contributed by atoms with Gasteiger partial charge in [-0.25, -0.2) is 29.4 Å². The minimum absolute atomic E-state index is 0.223. The van der Waals surface area contributed by atoms with Crippen LogP contribution in [0.3, 0.4) is 0 Å². The van der Waals surface area contributed by atoms with Crippen molar-refractivity contribution in [3.05, 3.63) is 77.8 Å². The Labute approximate surface area is 227 Å². The topological polar surface area (TPSA) is 138 Å². The number of carboxylic acid groups (broad SMARTS) is 1. The Balaban J connectivity index is 1.59. The highest BCUT2D eigenvalue weighted by Gasteiger charge is 2.25. The summed E-state index contributed by atoms with van der Waals surface area (Å²) in [6.45, 7) is 6.41. The van der Waals surface area contributed by atoms with Crippen LogP contribution in [0.25, 0.3) is 50.4 Å². The summed E-state index contributed by atoms with van der Waals surface area (Å²) in [4.78, 5) is 29.3. The molecule has 0 saturated carbocycles. The number of aromatic carboxylic acids is 1. The van der Waals surface area contributed by atoms with Gasteiger partial charge < -0.3 is 15.4 Å². The van der Waals surface area contributed by atoms with Gasteiger partial charge in [0.05, 0.1) is 16.7 Å². The van der Waals surface area contributed by atoms with Crippen molar-refractivity contribution in [3.8, 4) is 39.3 Å². The molecular weight excluding hydrogens is 512 g/mol. The quantitative estimate of drug-likeness (QED) is 0.294. The van der Waals surface area contributed by atoms with E-state index in [-0.39, 0.29) is 16.4 Å². The standard InChI is InChI=1S/C28H24N8O2S/c1-28(2,3)36-23-7-5-17(19-11-31-27(29)32-12-19)9-21(23)34-25(36)20-8-16(18-10-24(26(37)38)39-13-18)4-6-22(20)35-15-30-14-33-35/h4-15H,1-3H3,(H,37,38)(H2,29,31,32). The molecule has 39 heavy (non-hydrogen) atoms. The maximum absolute atomic E-state index is 11.5. The maximum atomic E-state index is 11.5. The monoisotopic (exact) mass is 536 g/mol. The van der Waals surface area contributed by atoms with Gasteiger partial charge in [-0.05, 0) is 73.2 Å². The van der Waals surface area contributed by atoms with Gasteiger partial charge in [-0.3, -0.25) is 0 Å². The number of nitrogen functional groups attached to an aromatic ring is 1. The molecule has 0 fully saturated rings. The Morgan fingerprint density at radius 1 is 0.974 bits per heavy atom. The van der Waals surface area contributed by atoms with Crippen molar-refractivity contribution in [2.24, 2.45) is 0 Å². The van der Waals surface area contributed by atoms with Crippen LogP contribution in [0.5, 0.6) is 0 Å². The summed E-state index contributed by atoms with van der Waals surface area (Å²) in [6, 6.07) is 13.7. The van der Waals surface area contributed by atoms with Crippen molar-refractivity contribution in [1.29, 1.82) is 0 Å². The summed E-state index contributed by atoms with van der Waals surface area (Å²) in [7, 11) is 0. The van der Waals surface area contributed by atoms with E-state index in [9.17, 15) is 9.90 Å². The lowest BCUT2D eigenvalue weighted by molar-refractivity contribution is 0.0702. The second-order valence-corrected chi connectivity index (χ2v) is 11.0. The molecule has 4 heterocycles. The molecule has 6 aromatic rings. The normalized spacial score (nSPS) is 11.8. The van der Waals surface area contributed by atoms with E-state index in [1.807, 2.05) is 35.7 Å². The minimum Gasteiger partial charge on any atom is -0.477 e. The first-order valence-electron chi connectivity index (χ1n) is 12.1. The lowest BCUT2D eigenvalue weighted by atomic mass is 10.0. The second kappa shape index (κ2) is 9.14. The summed E-state index contributed by atoms with van der Waals surface area (Å²) in [6.07, 6.45) is 6.53. The smallest absolute Gasteiger partial charge is 0.345 e. The van der Waals surface area contributed by atoms with Crippen molar-refractivity contribution in [2.75, 3.05) is 5.73 Å². The molecule has 6 rings (SSSR count). The first-order valence-corrected chi connectivity index (χ1v) is 13.0. The van der Waals surface area contributed by atoms with Crippen LogP contribution in [0, 0.1) is 0 Å². The van der Waals surface area contributed by atoms with Crippen LogP contribution in [-0.4, -0.2) is 45.4 Å². The van der Waals surface area contributed by atoms with Crippen molar-refractivity contribution in [2.45, 2.75) is 26.3 Å². The van der Waals surface area contributed by atoms with E-state index >= 15 is 0 Å². The van der Waals surface area contributed by atoms with Crippen molar-refractivity contribution in [1.82, 2.24) is 34.3 Å². The highest BCUT2D eigenvalue weighted by atomic mass is 32.1. The molecular formula is C28H24N8O2S. The Morgan fingerprint density at radius 3 is 2.38 bits per heavy atom. The van der Waals surface area contributed by atoms with Gasteiger partial charge in [-0.2, -0.15) is 5.10 Å². The van der Waals surface area contributed by atoms with Gasteiger partial charge in [0.1, 0.15) is 23.4 Å². The summed E-state index contributed by atoms with van der Waals surface area (Å²) in [5.41, 5.74) is 12.3. The molecule has 0 aliphatic rings. The number of carboxylic acids is 1. The first-order chi connectivity index (χ1) is 18.7. The number of hydrogen-bond donors (Lipinski definition) is 2. The molecule has 0 radical (unpaired) electrons. The second-order valence-electron chi connectivity index (χ2n) is 10.1. The van der Waals surface area contributed by atoms with Gasteiger partial charge >= 0.3 is 5.97 Å². The van der Waals surface area contributed by atoms with E-state index < -0.39 is 5.97 Å². The zero-order valence-electron chi connectivity index (χ0n) is 21.4. The number of nitrogens with zero attached hydrogens (tertiary/aromatic N) is 7. The molecule has 3 N–H and O–H groups in total. The molecule has 194 valence electrons. The third-order valence-corrected chi connectivity index (χ3v) is 7.30. The number of hydrogen-bond acceptors (Lipinski definition) is 8.